The molecule has 248 valence electrons. The summed E-state index contributed by atoms with van der Waals surface area (Å²) in [6, 6.07) is 27.9. The summed E-state index contributed by atoms with van der Waals surface area (Å²) < 4.78 is 5.37. The number of hydrogen-bond acceptors (Lipinski definition) is 6. The molecule has 3 heterocycles. The standard InChI is InChI=1S/C27H27N3O.C14H19NO2/c1-19-16-21(12-13-22(19)18-30-14-6-7-15-30)26(31)17-20-8-2-3-9-23(20)27-28-24-10-4-5-11-25(24)29-27;1-11(16)12-5-6-13(14(9-12)17-2)10-15-7-3-4-8-15/h2-5,8-13,16H,6-7,14-15,17-18H2,1H3,(H,28,29);5-6,9H,3-4,7-8,10H2,1-2H3. The molecule has 0 unspecified atom stereocenters. The van der Waals surface area contributed by atoms with Gasteiger partial charge in [0.15, 0.2) is 11.6 Å². The molecule has 0 amide bonds. The summed E-state index contributed by atoms with van der Waals surface area (Å²) in [5.41, 5.74) is 9.09. The third-order valence-electron chi connectivity index (χ3n) is 9.56. The van der Waals surface area contributed by atoms with E-state index in [9.17, 15) is 9.59 Å². The second-order valence-corrected chi connectivity index (χ2v) is 13.1. The van der Waals surface area contributed by atoms with Crippen molar-refractivity contribution in [2.75, 3.05) is 33.3 Å². The zero-order chi connectivity index (χ0) is 33.5. The third kappa shape index (κ3) is 8.09. The van der Waals surface area contributed by atoms with E-state index in [1.165, 1.54) is 55.5 Å². The molecular formula is C41H46N4O3. The number of aromatic nitrogens is 2. The summed E-state index contributed by atoms with van der Waals surface area (Å²) >= 11 is 0. The van der Waals surface area contributed by atoms with Crippen molar-refractivity contribution in [1.82, 2.24) is 19.8 Å². The van der Waals surface area contributed by atoms with Crippen molar-refractivity contribution in [3.05, 3.63) is 118 Å². The number of nitrogens with one attached hydrogen (secondary N) is 1. The van der Waals surface area contributed by atoms with Crippen molar-refractivity contribution in [2.45, 2.75) is 59.0 Å². The lowest BCUT2D eigenvalue weighted by Gasteiger charge is -2.17. The molecule has 2 aliphatic rings. The highest BCUT2D eigenvalue weighted by molar-refractivity contribution is 5.98. The van der Waals surface area contributed by atoms with Gasteiger partial charge in [0.05, 0.1) is 18.1 Å². The number of carbonyl (C=O) groups excluding carboxylic acids is 2. The van der Waals surface area contributed by atoms with Crippen molar-refractivity contribution in [3.8, 4) is 17.1 Å². The van der Waals surface area contributed by atoms with Gasteiger partial charge in [-0.3, -0.25) is 19.4 Å². The van der Waals surface area contributed by atoms with Crippen LogP contribution in [0.1, 0.15) is 75.6 Å². The number of ketones is 2. The number of fused-ring (bicyclic) bond motifs is 1. The molecule has 0 saturated carbocycles. The lowest BCUT2D eigenvalue weighted by Crippen LogP contribution is -2.19. The number of benzene rings is 4. The maximum Gasteiger partial charge on any atom is 0.167 e. The van der Waals surface area contributed by atoms with Crippen LogP contribution in [0, 0.1) is 6.92 Å². The second-order valence-electron chi connectivity index (χ2n) is 13.1. The zero-order valence-electron chi connectivity index (χ0n) is 28.4. The van der Waals surface area contributed by atoms with Gasteiger partial charge in [-0.15, -0.1) is 0 Å². The molecule has 48 heavy (non-hydrogen) atoms. The second kappa shape index (κ2) is 15.5. The SMILES string of the molecule is COc1cc(C(C)=O)ccc1CN1CCCC1.Cc1cc(C(=O)Cc2ccccc2-c2nc3ccccc3[nH]2)ccc1CN1CCCC1. The summed E-state index contributed by atoms with van der Waals surface area (Å²) in [5, 5.41) is 0. The van der Waals surface area contributed by atoms with E-state index in [-0.39, 0.29) is 11.6 Å². The average Bonchev–Trinajstić information content (AvgIpc) is 3.89. The van der Waals surface area contributed by atoms with E-state index in [1.54, 1.807) is 14.0 Å². The number of carbonyl (C=O) groups is 2. The molecule has 0 spiro atoms. The molecule has 0 bridgehead atoms. The van der Waals surface area contributed by atoms with E-state index in [4.69, 9.17) is 9.72 Å². The number of rotatable bonds is 10. The van der Waals surface area contributed by atoms with E-state index in [2.05, 4.69) is 33.8 Å². The van der Waals surface area contributed by atoms with E-state index in [1.807, 2.05) is 72.8 Å². The Balaban J connectivity index is 0.000000200. The van der Waals surface area contributed by atoms with Crippen LogP contribution in [0.5, 0.6) is 5.75 Å². The van der Waals surface area contributed by atoms with Gasteiger partial charge >= 0.3 is 0 Å². The Labute approximate surface area is 284 Å². The van der Waals surface area contributed by atoms with Crippen molar-refractivity contribution in [2.24, 2.45) is 0 Å². The summed E-state index contributed by atoms with van der Waals surface area (Å²) in [6.45, 7) is 10.3. The smallest absolute Gasteiger partial charge is 0.167 e. The number of hydrogen-bond donors (Lipinski definition) is 1. The van der Waals surface area contributed by atoms with Crippen molar-refractivity contribution < 1.29 is 14.3 Å². The molecule has 2 saturated heterocycles. The Hall–Kier alpha value is -4.59. The zero-order valence-corrected chi connectivity index (χ0v) is 28.4. The van der Waals surface area contributed by atoms with Gasteiger partial charge in [-0.05, 0) is 107 Å². The first-order valence-electron chi connectivity index (χ1n) is 17.2. The van der Waals surface area contributed by atoms with Crippen LogP contribution in [0.3, 0.4) is 0 Å². The minimum absolute atomic E-state index is 0.0797. The lowest BCUT2D eigenvalue weighted by atomic mass is 9.96. The van der Waals surface area contributed by atoms with Crippen LogP contribution < -0.4 is 4.74 Å². The largest absolute Gasteiger partial charge is 0.496 e. The maximum atomic E-state index is 13.1. The number of H-pyrrole nitrogens is 1. The van der Waals surface area contributed by atoms with Crippen LogP contribution in [-0.2, 0) is 19.5 Å². The van der Waals surface area contributed by atoms with E-state index < -0.39 is 0 Å². The number of methoxy groups -OCH3 is 1. The Bertz CT molecular complexity index is 1850. The molecule has 2 aliphatic heterocycles. The lowest BCUT2D eigenvalue weighted by molar-refractivity contribution is 0.0990. The summed E-state index contributed by atoms with van der Waals surface area (Å²) in [5.74, 6) is 1.85. The van der Waals surface area contributed by atoms with Crippen LogP contribution in [-0.4, -0.2) is 64.6 Å². The van der Waals surface area contributed by atoms with E-state index in [0.29, 0.717) is 12.0 Å². The number of aryl methyl sites for hydroxylation is 1. The molecule has 4 aromatic carbocycles. The molecular weight excluding hydrogens is 596 g/mol. The first-order valence-corrected chi connectivity index (χ1v) is 17.2. The molecule has 0 aliphatic carbocycles. The van der Waals surface area contributed by atoms with Crippen molar-refractivity contribution in [1.29, 1.82) is 0 Å². The van der Waals surface area contributed by atoms with E-state index in [0.717, 1.165) is 65.5 Å². The fraction of sp³-hybridized carbons (Fsp3) is 0.341. The van der Waals surface area contributed by atoms with Gasteiger partial charge in [0.25, 0.3) is 0 Å². The highest BCUT2D eigenvalue weighted by atomic mass is 16.5. The van der Waals surface area contributed by atoms with Crippen LogP contribution >= 0.6 is 0 Å². The van der Waals surface area contributed by atoms with Crippen LogP contribution in [0.15, 0.2) is 84.9 Å². The average molecular weight is 643 g/mol. The quantitative estimate of drug-likeness (QED) is 0.155. The van der Waals surface area contributed by atoms with Crippen LogP contribution in [0.25, 0.3) is 22.4 Å². The summed E-state index contributed by atoms with van der Waals surface area (Å²) in [7, 11) is 1.66. The van der Waals surface area contributed by atoms with Gasteiger partial charge in [-0.1, -0.05) is 60.7 Å². The molecule has 0 radical (unpaired) electrons. The Morgan fingerprint density at radius 2 is 1.38 bits per heavy atom. The monoisotopic (exact) mass is 642 g/mol. The number of Topliss-reactive ketones (excluding diaryl/α,β-unsaturated/α-hetero) is 2. The molecule has 5 aromatic rings. The highest BCUT2D eigenvalue weighted by Crippen LogP contribution is 2.26. The fourth-order valence-corrected chi connectivity index (χ4v) is 6.77. The Morgan fingerprint density at radius 3 is 2.04 bits per heavy atom. The Morgan fingerprint density at radius 1 is 0.750 bits per heavy atom. The molecule has 0 atom stereocenters. The van der Waals surface area contributed by atoms with Gasteiger partial charge in [-0.2, -0.15) is 0 Å². The molecule has 1 aromatic heterocycles. The van der Waals surface area contributed by atoms with Gasteiger partial charge in [0.1, 0.15) is 11.6 Å². The number of likely N-dealkylation sites (tertiary alicyclic amines) is 2. The predicted octanol–water partition coefficient (Wildman–Crippen LogP) is 8.05. The molecule has 7 nitrogen and oxygen atoms in total. The third-order valence-corrected chi connectivity index (χ3v) is 9.56. The minimum atomic E-state index is 0.0797. The van der Waals surface area contributed by atoms with E-state index >= 15 is 0 Å². The molecule has 7 rings (SSSR count). The molecule has 2 fully saturated rings. The fourth-order valence-electron chi connectivity index (χ4n) is 6.77. The van der Waals surface area contributed by atoms with Gasteiger partial charge in [0.2, 0.25) is 0 Å². The molecule has 1 N–H and O–H groups in total. The van der Waals surface area contributed by atoms with Crippen molar-refractivity contribution >= 4 is 22.6 Å². The van der Waals surface area contributed by atoms with Gasteiger partial charge in [0, 0.05) is 41.8 Å². The summed E-state index contributed by atoms with van der Waals surface area (Å²) in [4.78, 5) is 37.5. The summed E-state index contributed by atoms with van der Waals surface area (Å²) in [6.07, 6.45) is 5.51. The number of imidazole rings is 1. The van der Waals surface area contributed by atoms with Crippen LogP contribution in [0.4, 0.5) is 0 Å². The number of ether oxygens (including phenoxy) is 1. The number of nitrogens with zero attached hydrogens (tertiary/aromatic N) is 3. The van der Waals surface area contributed by atoms with Gasteiger partial charge in [-0.25, -0.2) is 4.98 Å². The number of aromatic amines is 1. The number of para-hydroxylation sites is 2. The topological polar surface area (TPSA) is 78.5 Å². The Kier molecular flexibility index (Phi) is 10.8. The highest BCUT2D eigenvalue weighted by Gasteiger charge is 2.17. The van der Waals surface area contributed by atoms with Gasteiger partial charge < -0.3 is 9.72 Å². The minimum Gasteiger partial charge on any atom is -0.496 e. The normalized spacial score (nSPS) is 15.0. The van der Waals surface area contributed by atoms with Crippen LogP contribution in [0.2, 0.25) is 0 Å². The first kappa shape index (κ1) is 33.3. The maximum absolute atomic E-state index is 13.1. The van der Waals surface area contributed by atoms with Crippen molar-refractivity contribution in [3.63, 3.8) is 0 Å². The first-order chi connectivity index (χ1) is 23.4. The molecule has 7 heteroatoms. The predicted molar refractivity (Wildman–Crippen MR) is 193 cm³/mol.